The summed E-state index contributed by atoms with van der Waals surface area (Å²) in [5, 5.41) is 2.81. The molecule has 1 aromatic carbocycles. The number of anilines is 1. The van der Waals surface area contributed by atoms with Gasteiger partial charge in [-0.15, -0.1) is 0 Å². The Balaban J connectivity index is 1.49. The van der Waals surface area contributed by atoms with Gasteiger partial charge in [0.05, 0.1) is 6.54 Å². The summed E-state index contributed by atoms with van der Waals surface area (Å²) in [6, 6.07) is 5.98. The van der Waals surface area contributed by atoms with E-state index in [1.165, 1.54) is 24.8 Å². The van der Waals surface area contributed by atoms with Crippen LogP contribution in [0.5, 0.6) is 0 Å². The highest BCUT2D eigenvalue weighted by atomic mass is 79.9. The Morgan fingerprint density at radius 1 is 1.22 bits per heavy atom. The Labute approximate surface area is 145 Å². The fraction of sp³-hybridized carbons (Fsp3) is 0.556. The van der Waals surface area contributed by atoms with Crippen LogP contribution in [-0.4, -0.2) is 24.9 Å². The molecule has 23 heavy (non-hydrogen) atoms. The molecule has 124 valence electrons. The van der Waals surface area contributed by atoms with Gasteiger partial charge in [0.1, 0.15) is 0 Å². The van der Waals surface area contributed by atoms with E-state index in [4.69, 9.17) is 0 Å². The van der Waals surface area contributed by atoms with Crippen LogP contribution >= 0.6 is 15.9 Å². The normalized spacial score (nSPS) is 17.9. The van der Waals surface area contributed by atoms with E-state index in [2.05, 4.69) is 27.3 Å². The zero-order valence-electron chi connectivity index (χ0n) is 13.3. The van der Waals surface area contributed by atoms with Crippen molar-refractivity contribution in [1.82, 2.24) is 5.32 Å². The van der Waals surface area contributed by atoms with E-state index in [-0.39, 0.29) is 18.4 Å². The van der Waals surface area contributed by atoms with Crippen LogP contribution in [0.2, 0.25) is 0 Å². The van der Waals surface area contributed by atoms with Gasteiger partial charge in [-0.25, -0.2) is 0 Å². The maximum absolute atomic E-state index is 12.4. The smallest absolute Gasteiger partial charge is 0.246 e. The lowest BCUT2D eigenvalue weighted by molar-refractivity contribution is -0.125. The van der Waals surface area contributed by atoms with Gasteiger partial charge in [-0.05, 0) is 48.9 Å². The molecule has 2 aliphatic rings. The van der Waals surface area contributed by atoms with Gasteiger partial charge in [-0.3, -0.25) is 9.59 Å². The highest BCUT2D eigenvalue weighted by Crippen LogP contribution is 2.30. The number of rotatable bonds is 4. The maximum atomic E-state index is 12.4. The molecule has 1 saturated carbocycles. The average molecular weight is 379 g/mol. The molecule has 5 heteroatoms. The van der Waals surface area contributed by atoms with E-state index >= 15 is 0 Å². The van der Waals surface area contributed by atoms with Crippen LogP contribution in [-0.2, 0) is 16.0 Å². The fourth-order valence-electron chi connectivity index (χ4n) is 3.62. The molecule has 3 rings (SSSR count). The first-order valence-electron chi connectivity index (χ1n) is 8.49. The quantitative estimate of drug-likeness (QED) is 0.872. The van der Waals surface area contributed by atoms with E-state index in [1.54, 1.807) is 4.90 Å². The lowest BCUT2D eigenvalue weighted by Crippen LogP contribution is -2.39. The zero-order chi connectivity index (χ0) is 16.2. The summed E-state index contributed by atoms with van der Waals surface area (Å²) in [4.78, 5) is 26.2. The number of carbonyl (C=O) groups excluding carboxylic acids is 2. The molecule has 0 saturated heterocycles. The summed E-state index contributed by atoms with van der Waals surface area (Å²) >= 11 is 3.46. The van der Waals surface area contributed by atoms with Gasteiger partial charge < -0.3 is 10.2 Å². The fourth-order valence-corrected chi connectivity index (χ4v) is 4.03. The van der Waals surface area contributed by atoms with E-state index in [9.17, 15) is 9.59 Å². The maximum Gasteiger partial charge on any atom is 0.246 e. The van der Waals surface area contributed by atoms with Gasteiger partial charge in [-0.2, -0.15) is 0 Å². The van der Waals surface area contributed by atoms with E-state index in [0.29, 0.717) is 18.9 Å². The Morgan fingerprint density at radius 3 is 2.78 bits per heavy atom. The molecule has 0 spiro atoms. The number of hydrogen-bond acceptors (Lipinski definition) is 2. The van der Waals surface area contributed by atoms with Crippen LogP contribution in [0.4, 0.5) is 5.69 Å². The van der Waals surface area contributed by atoms with Crippen molar-refractivity contribution in [3.05, 3.63) is 28.2 Å². The van der Waals surface area contributed by atoms with Gasteiger partial charge in [0.15, 0.2) is 0 Å². The minimum Gasteiger partial charge on any atom is -0.347 e. The topological polar surface area (TPSA) is 49.4 Å². The zero-order valence-corrected chi connectivity index (χ0v) is 14.9. The predicted octanol–water partition coefficient (Wildman–Crippen LogP) is 3.42. The van der Waals surface area contributed by atoms with Crippen LogP contribution in [0.25, 0.3) is 0 Å². The lowest BCUT2D eigenvalue weighted by Gasteiger charge is -2.21. The Morgan fingerprint density at radius 2 is 2.00 bits per heavy atom. The van der Waals surface area contributed by atoms with Crippen molar-refractivity contribution in [2.75, 3.05) is 18.0 Å². The monoisotopic (exact) mass is 378 g/mol. The van der Waals surface area contributed by atoms with Crippen LogP contribution < -0.4 is 10.2 Å². The van der Waals surface area contributed by atoms with Crippen LogP contribution in [0.3, 0.4) is 0 Å². The number of hydrogen-bond donors (Lipinski definition) is 1. The molecule has 1 aromatic rings. The van der Waals surface area contributed by atoms with Crippen molar-refractivity contribution in [2.45, 2.75) is 44.9 Å². The van der Waals surface area contributed by atoms with Gasteiger partial charge >= 0.3 is 0 Å². The first-order chi connectivity index (χ1) is 11.1. The second-order valence-corrected chi connectivity index (χ2v) is 7.47. The molecule has 1 fully saturated rings. The van der Waals surface area contributed by atoms with Crippen molar-refractivity contribution < 1.29 is 9.59 Å². The minimum absolute atomic E-state index is 0.0143. The average Bonchev–Trinajstić information content (AvgIpc) is 2.96. The van der Waals surface area contributed by atoms with Crippen molar-refractivity contribution in [3.8, 4) is 0 Å². The summed E-state index contributed by atoms with van der Waals surface area (Å²) in [6.07, 6.45) is 7.49. The molecular formula is C18H23BrN2O2. The third kappa shape index (κ3) is 4.14. The molecule has 0 bridgehead atoms. The standard InChI is InChI=1S/C18H23BrN2O2/c19-15-6-7-16-14(11-15)8-9-21(16)18(23)12-20-17(22)10-13-4-2-1-3-5-13/h6-7,11,13H,1-5,8-10,12H2,(H,20,22). The highest BCUT2D eigenvalue weighted by molar-refractivity contribution is 9.10. The van der Waals surface area contributed by atoms with Gasteiger partial charge in [0.2, 0.25) is 11.8 Å². The number of carbonyl (C=O) groups is 2. The van der Waals surface area contributed by atoms with Crippen LogP contribution in [0.15, 0.2) is 22.7 Å². The van der Waals surface area contributed by atoms with E-state index in [0.717, 1.165) is 29.4 Å². The van der Waals surface area contributed by atoms with Gasteiger partial charge in [0.25, 0.3) is 0 Å². The van der Waals surface area contributed by atoms with Crippen molar-refractivity contribution in [1.29, 1.82) is 0 Å². The Kier molecular flexibility index (Phi) is 5.36. The summed E-state index contributed by atoms with van der Waals surface area (Å²) < 4.78 is 1.03. The third-order valence-electron chi connectivity index (χ3n) is 4.87. The predicted molar refractivity (Wildman–Crippen MR) is 94.4 cm³/mol. The van der Waals surface area contributed by atoms with E-state index < -0.39 is 0 Å². The number of nitrogens with zero attached hydrogens (tertiary/aromatic N) is 1. The van der Waals surface area contributed by atoms with Gasteiger partial charge in [0, 0.05) is 23.1 Å². The molecule has 0 aromatic heterocycles. The molecule has 1 aliphatic carbocycles. The van der Waals surface area contributed by atoms with Crippen molar-refractivity contribution in [2.24, 2.45) is 5.92 Å². The second kappa shape index (κ2) is 7.47. The number of benzene rings is 1. The molecule has 1 heterocycles. The summed E-state index contributed by atoms with van der Waals surface area (Å²) in [5.41, 5.74) is 2.15. The molecule has 4 nitrogen and oxygen atoms in total. The third-order valence-corrected chi connectivity index (χ3v) is 5.37. The number of halogens is 1. The summed E-state index contributed by atoms with van der Waals surface area (Å²) in [6.45, 7) is 0.796. The van der Waals surface area contributed by atoms with Crippen molar-refractivity contribution in [3.63, 3.8) is 0 Å². The molecule has 2 amide bonds. The SMILES string of the molecule is O=C(CC1CCCCC1)NCC(=O)N1CCc2cc(Br)ccc21. The minimum atomic E-state index is -0.0249. The van der Waals surface area contributed by atoms with Crippen LogP contribution in [0, 0.1) is 5.92 Å². The highest BCUT2D eigenvalue weighted by Gasteiger charge is 2.25. The lowest BCUT2D eigenvalue weighted by atomic mass is 9.87. The summed E-state index contributed by atoms with van der Waals surface area (Å²) in [7, 11) is 0. The first kappa shape index (κ1) is 16.5. The number of nitrogens with one attached hydrogen (secondary N) is 1. The van der Waals surface area contributed by atoms with E-state index in [1.807, 2.05) is 12.1 Å². The molecule has 0 atom stereocenters. The number of amides is 2. The molecular weight excluding hydrogens is 356 g/mol. The second-order valence-electron chi connectivity index (χ2n) is 6.55. The molecule has 0 radical (unpaired) electrons. The number of fused-ring (bicyclic) bond motifs is 1. The largest absolute Gasteiger partial charge is 0.347 e. The molecule has 0 unspecified atom stereocenters. The first-order valence-corrected chi connectivity index (χ1v) is 9.28. The molecule has 1 N–H and O–H groups in total. The summed E-state index contributed by atoms with van der Waals surface area (Å²) in [5.74, 6) is 0.493. The van der Waals surface area contributed by atoms with Gasteiger partial charge in [-0.1, -0.05) is 35.2 Å². The van der Waals surface area contributed by atoms with Crippen molar-refractivity contribution >= 4 is 33.4 Å². The van der Waals surface area contributed by atoms with Crippen LogP contribution in [0.1, 0.15) is 44.1 Å². The Bertz CT molecular complexity index is 597. The molecule has 1 aliphatic heterocycles. The Hall–Kier alpha value is -1.36.